The first-order valence-electron chi connectivity index (χ1n) is 5.35. The van der Waals surface area contributed by atoms with Crippen LogP contribution in [0.5, 0.6) is 5.75 Å². The Morgan fingerprint density at radius 3 is 2.35 bits per heavy atom. The van der Waals surface area contributed by atoms with Crippen LogP contribution in [0.2, 0.25) is 0 Å². The average molecular weight is 340 g/mol. The van der Waals surface area contributed by atoms with Crippen LogP contribution in [0.3, 0.4) is 0 Å². The Kier molecular flexibility index (Phi) is 4.82. The summed E-state index contributed by atoms with van der Waals surface area (Å²) in [5, 5.41) is 0. The van der Waals surface area contributed by atoms with E-state index >= 15 is 0 Å². The predicted octanol–water partition coefficient (Wildman–Crippen LogP) is 3.84. The predicted molar refractivity (Wildman–Crippen MR) is 75.9 cm³/mol. The van der Waals surface area contributed by atoms with E-state index < -0.39 is 0 Å². The molecule has 0 atom stereocenters. The number of hydrogen-bond acceptors (Lipinski definition) is 2. The van der Waals surface area contributed by atoms with Crippen LogP contribution >= 0.6 is 22.6 Å². The molecule has 17 heavy (non-hydrogen) atoms. The summed E-state index contributed by atoms with van der Waals surface area (Å²) in [6, 6.07) is 17.9. The van der Waals surface area contributed by atoms with E-state index in [2.05, 4.69) is 22.6 Å². The lowest BCUT2D eigenvalue weighted by Gasteiger charge is -2.08. The maximum atomic E-state index is 5.53. The van der Waals surface area contributed by atoms with Crippen LogP contribution in [0.25, 0.3) is 0 Å². The summed E-state index contributed by atoms with van der Waals surface area (Å²) in [5.74, 6) is 0.862. The minimum atomic E-state index is 0.273. The fourth-order valence-electron chi connectivity index (χ4n) is 1.40. The van der Waals surface area contributed by atoms with Gasteiger partial charge in [-0.1, -0.05) is 42.5 Å². The highest BCUT2D eigenvalue weighted by Gasteiger charge is 1.98. The first-order chi connectivity index (χ1) is 8.36. The largest absolute Gasteiger partial charge is 0.466 e. The molecule has 0 N–H and O–H groups in total. The van der Waals surface area contributed by atoms with Crippen LogP contribution in [0, 0.1) is 3.57 Å². The molecule has 0 radical (unpaired) electrons. The van der Waals surface area contributed by atoms with E-state index in [0.29, 0.717) is 6.61 Å². The third-order valence-corrected chi connectivity index (χ3v) is 3.14. The monoisotopic (exact) mass is 340 g/mol. The normalized spacial score (nSPS) is 10.2. The van der Waals surface area contributed by atoms with Crippen molar-refractivity contribution >= 4 is 22.6 Å². The van der Waals surface area contributed by atoms with Crippen molar-refractivity contribution in [1.82, 2.24) is 0 Å². The van der Waals surface area contributed by atoms with Crippen LogP contribution < -0.4 is 4.74 Å². The molecule has 2 rings (SSSR count). The average Bonchev–Trinajstić information content (AvgIpc) is 2.38. The number of hydrogen-bond donors (Lipinski definition) is 0. The van der Waals surface area contributed by atoms with Crippen molar-refractivity contribution in [3.05, 3.63) is 63.7 Å². The lowest BCUT2D eigenvalue weighted by Crippen LogP contribution is -2.03. The van der Waals surface area contributed by atoms with E-state index in [1.54, 1.807) is 0 Å². The van der Waals surface area contributed by atoms with Gasteiger partial charge in [0, 0.05) is 0 Å². The Balaban J connectivity index is 1.76. The minimum Gasteiger partial charge on any atom is -0.466 e. The molecule has 0 aliphatic rings. The first-order valence-corrected chi connectivity index (χ1v) is 6.43. The van der Waals surface area contributed by atoms with Gasteiger partial charge in [0.1, 0.15) is 5.75 Å². The van der Waals surface area contributed by atoms with E-state index in [1.807, 2.05) is 54.6 Å². The Hall–Kier alpha value is -1.07. The van der Waals surface area contributed by atoms with Crippen LogP contribution in [-0.2, 0) is 11.3 Å². The van der Waals surface area contributed by atoms with Gasteiger partial charge in [0.15, 0.2) is 6.79 Å². The second-order valence-corrected chi connectivity index (χ2v) is 4.69. The van der Waals surface area contributed by atoms with Crippen molar-refractivity contribution in [2.75, 3.05) is 6.79 Å². The topological polar surface area (TPSA) is 18.5 Å². The van der Waals surface area contributed by atoms with E-state index in [4.69, 9.17) is 9.47 Å². The summed E-state index contributed by atoms with van der Waals surface area (Å²) >= 11 is 2.24. The van der Waals surface area contributed by atoms with E-state index in [0.717, 1.165) is 14.9 Å². The summed E-state index contributed by atoms with van der Waals surface area (Å²) in [4.78, 5) is 0. The minimum absolute atomic E-state index is 0.273. The van der Waals surface area contributed by atoms with E-state index in [-0.39, 0.29) is 6.79 Å². The van der Waals surface area contributed by atoms with Gasteiger partial charge < -0.3 is 9.47 Å². The van der Waals surface area contributed by atoms with E-state index in [9.17, 15) is 0 Å². The highest BCUT2D eigenvalue weighted by atomic mass is 127. The molecule has 88 valence electrons. The van der Waals surface area contributed by atoms with Crippen molar-refractivity contribution < 1.29 is 9.47 Å². The molecule has 3 heteroatoms. The number of para-hydroxylation sites is 1. The molecule has 0 fully saturated rings. The standard InChI is InChI=1S/C14H13IO2/c15-13-8-4-5-9-14(13)17-11-16-10-12-6-2-1-3-7-12/h1-9H,10-11H2. The van der Waals surface area contributed by atoms with Gasteiger partial charge in [0.2, 0.25) is 0 Å². The Morgan fingerprint density at radius 1 is 0.882 bits per heavy atom. The van der Waals surface area contributed by atoms with Gasteiger partial charge in [-0.2, -0.15) is 0 Å². The van der Waals surface area contributed by atoms with Gasteiger partial charge in [-0.15, -0.1) is 0 Å². The molecular formula is C14H13IO2. The van der Waals surface area contributed by atoms with Crippen LogP contribution in [0.4, 0.5) is 0 Å². The van der Waals surface area contributed by atoms with Crippen molar-refractivity contribution in [2.45, 2.75) is 6.61 Å². The molecule has 2 aromatic carbocycles. The number of rotatable bonds is 5. The zero-order valence-electron chi connectivity index (χ0n) is 9.30. The molecule has 0 spiro atoms. The fourth-order valence-corrected chi connectivity index (χ4v) is 1.94. The van der Waals surface area contributed by atoms with Crippen LogP contribution in [-0.4, -0.2) is 6.79 Å². The van der Waals surface area contributed by atoms with Crippen molar-refractivity contribution in [2.24, 2.45) is 0 Å². The second kappa shape index (κ2) is 6.61. The molecule has 0 heterocycles. The smallest absolute Gasteiger partial charge is 0.189 e. The molecule has 0 aliphatic carbocycles. The van der Waals surface area contributed by atoms with Gasteiger partial charge in [-0.3, -0.25) is 0 Å². The molecule has 0 saturated heterocycles. The maximum absolute atomic E-state index is 5.53. The summed E-state index contributed by atoms with van der Waals surface area (Å²) in [6.07, 6.45) is 0. The molecule has 0 amide bonds. The second-order valence-electron chi connectivity index (χ2n) is 3.53. The van der Waals surface area contributed by atoms with Gasteiger partial charge in [-0.25, -0.2) is 0 Å². The number of benzene rings is 2. The Labute approximate surface area is 115 Å². The quantitative estimate of drug-likeness (QED) is 0.468. The molecular weight excluding hydrogens is 327 g/mol. The van der Waals surface area contributed by atoms with Crippen LogP contribution in [0.15, 0.2) is 54.6 Å². The zero-order chi connectivity index (χ0) is 11.9. The van der Waals surface area contributed by atoms with Crippen molar-refractivity contribution in [1.29, 1.82) is 0 Å². The fraction of sp³-hybridized carbons (Fsp3) is 0.143. The molecule has 2 aromatic rings. The Morgan fingerprint density at radius 2 is 1.59 bits per heavy atom. The third kappa shape index (κ3) is 4.02. The van der Waals surface area contributed by atoms with Gasteiger partial charge in [0.25, 0.3) is 0 Å². The summed E-state index contributed by atoms with van der Waals surface area (Å²) in [6.45, 7) is 0.846. The molecule has 0 aliphatic heterocycles. The summed E-state index contributed by atoms with van der Waals surface area (Å²) in [7, 11) is 0. The summed E-state index contributed by atoms with van der Waals surface area (Å²) < 4.78 is 12.1. The number of ether oxygens (including phenoxy) is 2. The molecule has 0 aromatic heterocycles. The molecule has 2 nitrogen and oxygen atoms in total. The van der Waals surface area contributed by atoms with Crippen molar-refractivity contribution in [3.8, 4) is 5.75 Å². The van der Waals surface area contributed by atoms with Gasteiger partial charge in [-0.05, 0) is 40.3 Å². The first kappa shape index (κ1) is 12.4. The summed E-state index contributed by atoms with van der Waals surface area (Å²) in [5.41, 5.74) is 1.15. The number of halogens is 1. The molecule has 0 unspecified atom stereocenters. The maximum Gasteiger partial charge on any atom is 0.189 e. The lowest BCUT2D eigenvalue weighted by atomic mass is 10.2. The van der Waals surface area contributed by atoms with Gasteiger partial charge in [0.05, 0.1) is 10.2 Å². The van der Waals surface area contributed by atoms with Gasteiger partial charge >= 0.3 is 0 Å². The SMILES string of the molecule is Ic1ccccc1OCOCc1ccccc1. The third-order valence-electron chi connectivity index (χ3n) is 2.25. The van der Waals surface area contributed by atoms with Crippen molar-refractivity contribution in [3.63, 3.8) is 0 Å². The van der Waals surface area contributed by atoms with E-state index in [1.165, 1.54) is 0 Å². The lowest BCUT2D eigenvalue weighted by molar-refractivity contribution is 0.00458. The zero-order valence-corrected chi connectivity index (χ0v) is 11.5. The highest BCUT2D eigenvalue weighted by Crippen LogP contribution is 2.19. The molecule has 0 bridgehead atoms. The Bertz CT molecular complexity index is 457. The molecule has 0 saturated carbocycles. The van der Waals surface area contributed by atoms with Crippen LogP contribution in [0.1, 0.15) is 5.56 Å². The highest BCUT2D eigenvalue weighted by molar-refractivity contribution is 14.1.